The lowest BCUT2D eigenvalue weighted by atomic mass is 9.96. The van der Waals surface area contributed by atoms with Crippen LogP contribution in [0.4, 0.5) is 0 Å². The van der Waals surface area contributed by atoms with Gasteiger partial charge in [-0.05, 0) is 0 Å². The van der Waals surface area contributed by atoms with Crippen molar-refractivity contribution in [2.45, 2.75) is 6.42 Å². The van der Waals surface area contributed by atoms with E-state index in [0.717, 1.165) is 0 Å². The Balaban J connectivity index is 1.90. The highest BCUT2D eigenvalue weighted by molar-refractivity contribution is 5.92. The highest BCUT2D eigenvalue weighted by atomic mass is 16.4. The molecule has 0 unspecified atom stereocenters. The topological polar surface area (TPSA) is 106 Å². The maximum absolute atomic E-state index is 11.7. The minimum Gasteiger partial charge on any atom is -0.481 e. The fourth-order valence-electron chi connectivity index (χ4n) is 1.73. The number of aliphatic carboxylic acids is 1. The summed E-state index contributed by atoms with van der Waals surface area (Å²) < 4.78 is 0. The highest BCUT2D eigenvalue weighted by Crippen LogP contribution is 2.20. The van der Waals surface area contributed by atoms with Crippen LogP contribution in [0, 0.1) is 5.92 Å². The smallest absolute Gasteiger partial charge is 0.323 e. The van der Waals surface area contributed by atoms with Crippen LogP contribution in [-0.2, 0) is 4.79 Å². The average molecular weight is 225 g/mol. The molecule has 1 fully saturated rings. The van der Waals surface area contributed by atoms with E-state index in [4.69, 9.17) is 5.11 Å². The van der Waals surface area contributed by atoms with Gasteiger partial charge in [0.1, 0.15) is 5.69 Å². The largest absolute Gasteiger partial charge is 0.481 e. The Bertz CT molecular complexity index is 469. The molecule has 0 atom stereocenters. The molecule has 7 nitrogen and oxygen atoms in total. The molecule has 86 valence electrons. The van der Waals surface area contributed by atoms with Gasteiger partial charge in [0.25, 0.3) is 5.91 Å². The van der Waals surface area contributed by atoms with E-state index in [9.17, 15) is 14.4 Å². The van der Waals surface area contributed by atoms with Crippen molar-refractivity contribution < 1.29 is 14.7 Å². The number of nitrogens with one attached hydrogen (secondary N) is 2. The van der Waals surface area contributed by atoms with Crippen LogP contribution < -0.4 is 5.69 Å². The summed E-state index contributed by atoms with van der Waals surface area (Å²) >= 11 is 0. The van der Waals surface area contributed by atoms with Crippen molar-refractivity contribution in [3.63, 3.8) is 0 Å². The first-order valence-electron chi connectivity index (χ1n) is 4.85. The first-order valence-corrected chi connectivity index (χ1v) is 4.85. The molecular weight excluding hydrogens is 214 g/mol. The summed E-state index contributed by atoms with van der Waals surface area (Å²) in [6.45, 7) is 0.858. The second-order valence-corrected chi connectivity index (χ2v) is 3.83. The number of aromatic nitrogens is 2. The number of nitrogens with zero attached hydrogens (tertiary/aromatic N) is 1. The van der Waals surface area contributed by atoms with E-state index in [2.05, 4.69) is 9.97 Å². The molecule has 2 rings (SSSR count). The number of amides is 1. The lowest BCUT2D eigenvalue weighted by molar-refractivity contribution is -0.139. The van der Waals surface area contributed by atoms with Crippen molar-refractivity contribution in [1.29, 1.82) is 0 Å². The van der Waals surface area contributed by atoms with Crippen molar-refractivity contribution in [3.8, 4) is 0 Å². The number of aromatic amines is 2. The molecule has 0 spiro atoms. The molecule has 7 heteroatoms. The van der Waals surface area contributed by atoms with Gasteiger partial charge in [-0.3, -0.25) is 9.59 Å². The number of rotatable bonds is 3. The molecule has 3 N–H and O–H groups in total. The van der Waals surface area contributed by atoms with Gasteiger partial charge in [-0.25, -0.2) is 4.79 Å². The second-order valence-electron chi connectivity index (χ2n) is 3.83. The highest BCUT2D eigenvalue weighted by Gasteiger charge is 2.32. The van der Waals surface area contributed by atoms with E-state index in [1.54, 1.807) is 0 Å². The number of carboxylic acids is 1. The van der Waals surface area contributed by atoms with E-state index < -0.39 is 11.7 Å². The zero-order valence-electron chi connectivity index (χ0n) is 8.40. The molecule has 2 heterocycles. The van der Waals surface area contributed by atoms with Gasteiger partial charge >= 0.3 is 11.7 Å². The van der Waals surface area contributed by atoms with Gasteiger partial charge in [-0.2, -0.15) is 0 Å². The maximum atomic E-state index is 11.7. The van der Waals surface area contributed by atoms with Gasteiger partial charge in [-0.15, -0.1) is 0 Å². The third kappa shape index (κ3) is 1.97. The van der Waals surface area contributed by atoms with Gasteiger partial charge in [0, 0.05) is 25.2 Å². The lowest BCUT2D eigenvalue weighted by Crippen LogP contribution is -2.50. The lowest BCUT2D eigenvalue weighted by Gasteiger charge is -2.38. The Morgan fingerprint density at radius 3 is 2.69 bits per heavy atom. The van der Waals surface area contributed by atoms with Gasteiger partial charge < -0.3 is 20.0 Å². The van der Waals surface area contributed by atoms with Crippen molar-refractivity contribution in [3.05, 3.63) is 22.4 Å². The van der Waals surface area contributed by atoms with Crippen LogP contribution in [0.5, 0.6) is 0 Å². The van der Waals surface area contributed by atoms with Crippen molar-refractivity contribution in [2.24, 2.45) is 5.92 Å². The SMILES string of the molecule is O=C(O)CC1CN(C(=O)c2c[nH]c(=O)[nH]2)C1. The van der Waals surface area contributed by atoms with Gasteiger partial charge in [0.15, 0.2) is 0 Å². The third-order valence-electron chi connectivity index (χ3n) is 2.53. The summed E-state index contributed by atoms with van der Waals surface area (Å²) in [6.07, 6.45) is 1.39. The molecule has 0 bridgehead atoms. The summed E-state index contributed by atoms with van der Waals surface area (Å²) in [6, 6.07) is 0. The molecule has 1 aromatic rings. The number of imidazole rings is 1. The van der Waals surface area contributed by atoms with Crippen molar-refractivity contribution in [2.75, 3.05) is 13.1 Å². The molecule has 0 radical (unpaired) electrons. The average Bonchev–Trinajstić information content (AvgIpc) is 2.56. The molecule has 1 amide bonds. The first-order chi connectivity index (χ1) is 7.56. The molecule has 1 aromatic heterocycles. The van der Waals surface area contributed by atoms with E-state index in [1.165, 1.54) is 11.1 Å². The normalized spacial score (nSPS) is 15.9. The minimum absolute atomic E-state index is 0.0205. The molecule has 0 aliphatic carbocycles. The Hall–Kier alpha value is -2.05. The monoisotopic (exact) mass is 225 g/mol. The standard InChI is InChI=1S/C9H11N3O4/c13-7(14)1-5-3-12(4-5)8(15)6-2-10-9(16)11-6/h2,5H,1,3-4H2,(H,13,14)(H2,10,11,16). The van der Waals surface area contributed by atoms with Crippen LogP contribution in [0.25, 0.3) is 0 Å². The molecule has 1 saturated heterocycles. The minimum atomic E-state index is -0.854. The molecule has 16 heavy (non-hydrogen) atoms. The van der Waals surface area contributed by atoms with Gasteiger partial charge in [-0.1, -0.05) is 0 Å². The number of carbonyl (C=O) groups is 2. The zero-order chi connectivity index (χ0) is 11.7. The maximum Gasteiger partial charge on any atom is 0.323 e. The first kappa shape index (κ1) is 10.5. The quantitative estimate of drug-likeness (QED) is 0.629. The predicted octanol–water partition coefficient (Wildman–Crippen LogP) is -0.750. The van der Waals surface area contributed by atoms with E-state index >= 15 is 0 Å². The van der Waals surface area contributed by atoms with Gasteiger partial charge in [0.05, 0.1) is 6.42 Å². The number of carbonyl (C=O) groups excluding carboxylic acids is 1. The Labute approximate surface area is 90.1 Å². The molecule has 1 aliphatic rings. The molecular formula is C9H11N3O4. The second kappa shape index (κ2) is 3.84. The number of carboxylic acid groups (broad SMARTS) is 1. The molecule has 0 aromatic carbocycles. The number of likely N-dealkylation sites (tertiary alicyclic amines) is 1. The summed E-state index contributed by atoms with van der Waals surface area (Å²) in [4.78, 5) is 39.0. The Morgan fingerprint density at radius 1 is 1.50 bits per heavy atom. The zero-order valence-corrected chi connectivity index (χ0v) is 8.40. The van der Waals surface area contributed by atoms with E-state index in [-0.39, 0.29) is 23.9 Å². The van der Waals surface area contributed by atoms with Crippen LogP contribution in [-0.4, -0.2) is 44.9 Å². The Kier molecular flexibility index (Phi) is 2.51. The summed E-state index contributed by atoms with van der Waals surface area (Å²) in [5.74, 6) is -1.11. The number of hydrogen-bond acceptors (Lipinski definition) is 3. The van der Waals surface area contributed by atoms with Crippen LogP contribution in [0.3, 0.4) is 0 Å². The third-order valence-corrected chi connectivity index (χ3v) is 2.53. The summed E-state index contributed by atoms with van der Waals surface area (Å²) in [5.41, 5.74) is -0.218. The fraction of sp³-hybridized carbons (Fsp3) is 0.444. The van der Waals surface area contributed by atoms with Crippen LogP contribution in [0.2, 0.25) is 0 Å². The fourth-order valence-corrected chi connectivity index (χ4v) is 1.73. The van der Waals surface area contributed by atoms with Gasteiger partial charge in [0.2, 0.25) is 0 Å². The predicted molar refractivity (Wildman–Crippen MR) is 53.1 cm³/mol. The van der Waals surface area contributed by atoms with Crippen molar-refractivity contribution in [1.82, 2.24) is 14.9 Å². The van der Waals surface area contributed by atoms with E-state index in [0.29, 0.717) is 13.1 Å². The summed E-state index contributed by atoms with van der Waals surface area (Å²) in [5, 5.41) is 8.54. The number of H-pyrrole nitrogens is 2. The summed E-state index contributed by atoms with van der Waals surface area (Å²) in [7, 11) is 0. The van der Waals surface area contributed by atoms with Crippen LogP contribution in [0.15, 0.2) is 11.0 Å². The molecule has 0 saturated carbocycles. The molecule has 1 aliphatic heterocycles. The van der Waals surface area contributed by atoms with E-state index in [1.807, 2.05) is 0 Å². The number of hydrogen-bond donors (Lipinski definition) is 3. The Morgan fingerprint density at radius 2 is 2.19 bits per heavy atom. The van der Waals surface area contributed by atoms with Crippen LogP contribution >= 0.6 is 0 Å². The van der Waals surface area contributed by atoms with Crippen LogP contribution in [0.1, 0.15) is 16.9 Å². The van der Waals surface area contributed by atoms with Crippen molar-refractivity contribution >= 4 is 11.9 Å².